The molecule has 7 atom stereocenters. The van der Waals surface area contributed by atoms with Crippen LogP contribution < -0.4 is 10.2 Å². The number of carbonyl (C=O) groups is 1. The molecule has 38 heavy (non-hydrogen) atoms. The number of hydrogen-bond acceptors (Lipinski definition) is 4. The summed E-state index contributed by atoms with van der Waals surface area (Å²) >= 11 is 2.11. The molecule has 0 radical (unpaired) electrons. The molecule has 5 nitrogen and oxygen atoms in total. The lowest BCUT2D eigenvalue weighted by molar-refractivity contribution is -0.950. The average Bonchev–Trinajstić information content (AvgIpc) is 2.93. The summed E-state index contributed by atoms with van der Waals surface area (Å²) in [6, 6.07) is 9.07. The van der Waals surface area contributed by atoms with E-state index in [1.165, 1.54) is 75.1 Å². The second kappa shape index (κ2) is 13.0. The summed E-state index contributed by atoms with van der Waals surface area (Å²) in [7, 11) is 0. The van der Waals surface area contributed by atoms with Crippen molar-refractivity contribution in [2.75, 3.05) is 24.6 Å². The summed E-state index contributed by atoms with van der Waals surface area (Å²) < 4.78 is 6.49. The SMILES string of the molecule is CCCSCCCC1C[NH+]2CCC1C[C@@H]2[C@H](OC(=O)N[C@@H]1CCCCC1C)c1ccnc2ccc(C)cc12. The van der Waals surface area contributed by atoms with Crippen LogP contribution in [0.4, 0.5) is 4.79 Å². The maximum absolute atomic E-state index is 13.4. The van der Waals surface area contributed by atoms with Crippen molar-refractivity contribution in [1.29, 1.82) is 0 Å². The largest absolute Gasteiger partial charge is 0.435 e. The van der Waals surface area contributed by atoms with Crippen LogP contribution in [0.1, 0.15) is 88.9 Å². The van der Waals surface area contributed by atoms with Gasteiger partial charge < -0.3 is 15.0 Å². The minimum Gasteiger partial charge on any atom is -0.435 e. The molecule has 6 heteroatoms. The number of alkyl carbamates (subject to hydrolysis) is 1. The van der Waals surface area contributed by atoms with Gasteiger partial charge in [-0.15, -0.1) is 0 Å². The van der Waals surface area contributed by atoms with E-state index in [0.29, 0.717) is 12.0 Å². The van der Waals surface area contributed by atoms with Gasteiger partial charge in [0, 0.05) is 41.9 Å². The molecule has 208 valence electrons. The number of aromatic nitrogens is 1. The highest BCUT2D eigenvalue weighted by atomic mass is 32.2. The molecular formula is C32H48N3O2S+. The van der Waals surface area contributed by atoms with Crippen LogP contribution in [0.2, 0.25) is 0 Å². The first-order valence-corrected chi connectivity index (χ1v) is 16.4. The summed E-state index contributed by atoms with van der Waals surface area (Å²) in [5, 5.41) is 4.40. The number of thioether (sulfide) groups is 1. The lowest BCUT2D eigenvalue weighted by Gasteiger charge is -2.49. The molecule has 1 amide bonds. The van der Waals surface area contributed by atoms with Crippen molar-refractivity contribution >= 4 is 28.8 Å². The number of pyridine rings is 1. The molecule has 3 aliphatic heterocycles. The first-order valence-electron chi connectivity index (χ1n) is 15.3. The maximum atomic E-state index is 13.4. The van der Waals surface area contributed by atoms with E-state index in [9.17, 15) is 4.79 Å². The van der Waals surface area contributed by atoms with E-state index in [-0.39, 0.29) is 18.2 Å². The summed E-state index contributed by atoms with van der Waals surface area (Å²) in [5.41, 5.74) is 3.32. The van der Waals surface area contributed by atoms with Crippen LogP contribution in [-0.2, 0) is 4.74 Å². The number of amides is 1. The van der Waals surface area contributed by atoms with Crippen LogP contribution >= 0.6 is 11.8 Å². The first kappa shape index (κ1) is 27.8. The Balaban J connectivity index is 1.35. The van der Waals surface area contributed by atoms with Crippen molar-refractivity contribution in [3.63, 3.8) is 0 Å². The van der Waals surface area contributed by atoms with Gasteiger partial charge in [-0.05, 0) is 80.6 Å². The molecule has 1 aromatic carbocycles. The minimum absolute atomic E-state index is 0.221. The zero-order valence-corrected chi connectivity index (χ0v) is 24.5. The number of rotatable bonds is 10. The molecule has 1 saturated carbocycles. The van der Waals surface area contributed by atoms with Gasteiger partial charge in [-0.2, -0.15) is 11.8 Å². The van der Waals surface area contributed by atoms with Crippen molar-refractivity contribution in [1.82, 2.24) is 10.3 Å². The Morgan fingerprint density at radius 2 is 2.08 bits per heavy atom. The fraction of sp³-hybridized carbons (Fsp3) is 0.688. The fourth-order valence-corrected chi connectivity index (χ4v) is 8.31. The maximum Gasteiger partial charge on any atom is 0.408 e. The van der Waals surface area contributed by atoms with Crippen LogP contribution in [0, 0.1) is 24.7 Å². The van der Waals surface area contributed by atoms with Crippen LogP contribution in [-0.4, -0.2) is 47.8 Å². The second-order valence-corrected chi connectivity index (χ2v) is 13.5. The lowest BCUT2D eigenvalue weighted by Crippen LogP contribution is -3.20. The summed E-state index contributed by atoms with van der Waals surface area (Å²) in [4.78, 5) is 19.7. The summed E-state index contributed by atoms with van der Waals surface area (Å²) in [6.45, 7) is 9.07. The number of carbonyl (C=O) groups excluding carboxylic acids is 1. The van der Waals surface area contributed by atoms with Gasteiger partial charge in [0.2, 0.25) is 0 Å². The van der Waals surface area contributed by atoms with Gasteiger partial charge in [-0.1, -0.05) is 38.3 Å². The van der Waals surface area contributed by atoms with E-state index >= 15 is 0 Å². The highest BCUT2D eigenvalue weighted by molar-refractivity contribution is 7.99. The van der Waals surface area contributed by atoms with Gasteiger partial charge in [0.1, 0.15) is 6.04 Å². The number of hydrogen-bond donors (Lipinski definition) is 2. The molecule has 4 unspecified atom stereocenters. The Bertz CT molecular complexity index is 1080. The monoisotopic (exact) mass is 538 g/mol. The predicted molar refractivity (Wildman–Crippen MR) is 158 cm³/mol. The molecule has 4 aliphatic rings. The van der Waals surface area contributed by atoms with Crippen molar-refractivity contribution in [2.24, 2.45) is 17.8 Å². The third-order valence-electron chi connectivity index (χ3n) is 9.57. The van der Waals surface area contributed by atoms with Gasteiger partial charge in [-0.3, -0.25) is 4.98 Å². The van der Waals surface area contributed by atoms with Crippen LogP contribution in [0.3, 0.4) is 0 Å². The third-order valence-corrected chi connectivity index (χ3v) is 10.8. The fourth-order valence-electron chi connectivity index (χ4n) is 7.44. The number of quaternary nitrogens is 1. The number of piperidine rings is 3. The van der Waals surface area contributed by atoms with Crippen LogP contribution in [0.15, 0.2) is 30.5 Å². The highest BCUT2D eigenvalue weighted by Gasteiger charge is 2.48. The highest BCUT2D eigenvalue weighted by Crippen LogP contribution is 2.37. The van der Waals surface area contributed by atoms with Gasteiger partial charge in [0.05, 0.1) is 18.6 Å². The normalized spacial score (nSPS) is 29.8. The molecular weight excluding hydrogens is 490 g/mol. The molecule has 2 N–H and O–H groups in total. The quantitative estimate of drug-likeness (QED) is 0.359. The van der Waals surface area contributed by atoms with Crippen LogP contribution in [0.25, 0.3) is 10.9 Å². The van der Waals surface area contributed by atoms with E-state index < -0.39 is 0 Å². The molecule has 4 heterocycles. The molecule has 1 aromatic heterocycles. The van der Waals surface area contributed by atoms with E-state index in [1.54, 1.807) is 4.90 Å². The summed E-state index contributed by atoms with van der Waals surface area (Å²) in [5.74, 6) is 4.65. The lowest BCUT2D eigenvalue weighted by atomic mass is 9.72. The molecule has 1 aliphatic carbocycles. The number of benzene rings is 1. The van der Waals surface area contributed by atoms with Gasteiger partial charge in [0.15, 0.2) is 6.10 Å². The molecule has 3 saturated heterocycles. The number of fused-ring (bicyclic) bond motifs is 4. The van der Waals surface area contributed by atoms with E-state index in [4.69, 9.17) is 4.74 Å². The Hall–Kier alpha value is -1.79. The summed E-state index contributed by atoms with van der Waals surface area (Å²) in [6.07, 6.45) is 12.5. The van der Waals surface area contributed by atoms with E-state index in [0.717, 1.165) is 41.1 Å². The van der Waals surface area contributed by atoms with Gasteiger partial charge >= 0.3 is 6.09 Å². The number of nitrogens with one attached hydrogen (secondary N) is 2. The van der Waals surface area contributed by atoms with E-state index in [2.05, 4.69) is 67.1 Å². The number of ether oxygens (including phenoxy) is 1. The molecule has 2 bridgehead atoms. The molecule has 4 fully saturated rings. The zero-order chi connectivity index (χ0) is 26.5. The third kappa shape index (κ3) is 6.50. The Kier molecular flexibility index (Phi) is 9.53. The Labute approximate surface area is 233 Å². The Morgan fingerprint density at radius 3 is 2.87 bits per heavy atom. The zero-order valence-electron chi connectivity index (χ0n) is 23.7. The number of aryl methyl sites for hydroxylation is 1. The van der Waals surface area contributed by atoms with Crippen molar-refractivity contribution in [3.05, 3.63) is 41.6 Å². The molecule has 6 rings (SSSR count). The second-order valence-electron chi connectivity index (χ2n) is 12.3. The first-order chi connectivity index (χ1) is 18.5. The molecule has 2 aromatic rings. The molecule has 0 spiro atoms. The topological polar surface area (TPSA) is 55.7 Å². The standard InChI is InChI=1S/C32H47N3O2S/c1-4-17-38-18-7-9-25-21-35-16-14-24(25)20-30(35)31(37-32(36)34-28-10-6-5-8-23(28)3)26-13-15-33-29-12-11-22(2)19-27(26)29/h11-13,15,19,23-25,28,30-31H,4-10,14,16-18,20-21H2,1-3H3,(H,34,36)/p+1/t23?,24?,25?,28-,30-,31-/m1/s1. The minimum atomic E-state index is -0.250. The van der Waals surface area contributed by atoms with Gasteiger partial charge in [-0.25, -0.2) is 4.79 Å². The van der Waals surface area contributed by atoms with Gasteiger partial charge in [0.25, 0.3) is 0 Å². The van der Waals surface area contributed by atoms with E-state index in [1.807, 2.05) is 6.20 Å². The Morgan fingerprint density at radius 1 is 1.21 bits per heavy atom. The van der Waals surface area contributed by atoms with Crippen molar-refractivity contribution in [3.8, 4) is 0 Å². The van der Waals surface area contributed by atoms with Crippen molar-refractivity contribution in [2.45, 2.75) is 96.7 Å². The predicted octanol–water partition coefficient (Wildman–Crippen LogP) is 6.11. The van der Waals surface area contributed by atoms with Crippen molar-refractivity contribution < 1.29 is 14.4 Å². The average molecular weight is 539 g/mol. The number of nitrogens with zero attached hydrogens (tertiary/aromatic N) is 1. The van der Waals surface area contributed by atoms with Crippen LogP contribution in [0.5, 0.6) is 0 Å². The smallest absolute Gasteiger partial charge is 0.408 e.